The normalized spacial score (nSPS) is 8.60. The second kappa shape index (κ2) is 5.11. The van der Waals surface area contributed by atoms with Crippen LogP contribution in [0.4, 0.5) is 4.79 Å². The molecule has 0 spiro atoms. The molecule has 0 atom stereocenters. The molecule has 0 aromatic heterocycles. The Morgan fingerprint density at radius 1 is 1.80 bits per heavy atom. The van der Waals surface area contributed by atoms with Crippen molar-refractivity contribution in [1.82, 2.24) is 5.32 Å². The van der Waals surface area contributed by atoms with Gasteiger partial charge in [0, 0.05) is 5.03 Å². The van der Waals surface area contributed by atoms with Crippen LogP contribution in [-0.2, 0) is 4.74 Å². The minimum absolute atomic E-state index is 0.125. The van der Waals surface area contributed by atoms with Gasteiger partial charge in [-0.05, 0) is 6.92 Å². The molecule has 57 valence electrons. The monoisotopic (exact) mass is 162 g/mol. The first kappa shape index (κ1) is 9.30. The number of rotatable bonds is 3. The van der Waals surface area contributed by atoms with E-state index in [0.29, 0.717) is 11.6 Å². The van der Waals surface area contributed by atoms with Crippen LogP contribution < -0.4 is 5.32 Å². The van der Waals surface area contributed by atoms with Gasteiger partial charge in [0.2, 0.25) is 0 Å². The van der Waals surface area contributed by atoms with Crippen LogP contribution in [0.1, 0.15) is 6.92 Å². The summed E-state index contributed by atoms with van der Waals surface area (Å²) in [5.74, 6) is 0. The molecular formula is C6H9ClNO2. The largest absolute Gasteiger partial charge is 0.448 e. The van der Waals surface area contributed by atoms with E-state index in [-0.39, 0.29) is 6.54 Å². The Labute approximate surface area is 65.0 Å². The molecule has 1 radical (unpaired) electrons. The molecule has 0 unspecified atom stereocenters. The van der Waals surface area contributed by atoms with Gasteiger partial charge in [0.25, 0.3) is 0 Å². The molecule has 0 heterocycles. The van der Waals surface area contributed by atoms with Gasteiger partial charge in [0.1, 0.15) is 0 Å². The maximum atomic E-state index is 10.5. The smallest absolute Gasteiger partial charge is 0.429 e. The Balaban J connectivity index is 3.30. The summed E-state index contributed by atoms with van der Waals surface area (Å²) in [5, 5.41) is 3.75. The summed E-state index contributed by atoms with van der Waals surface area (Å²) in [7, 11) is 0. The molecule has 0 N–H and O–H groups in total. The molecular weight excluding hydrogens is 154 g/mol. The number of hydrogen-bond acceptors (Lipinski definition) is 2. The van der Waals surface area contributed by atoms with Crippen LogP contribution in [0.25, 0.3) is 0 Å². The highest BCUT2D eigenvalue weighted by molar-refractivity contribution is 6.29. The fourth-order valence-corrected chi connectivity index (χ4v) is 0.379. The van der Waals surface area contributed by atoms with Crippen molar-refractivity contribution >= 4 is 17.7 Å². The van der Waals surface area contributed by atoms with Crippen molar-refractivity contribution in [3.8, 4) is 0 Å². The van der Waals surface area contributed by atoms with Crippen molar-refractivity contribution in [3.05, 3.63) is 11.6 Å². The summed E-state index contributed by atoms with van der Waals surface area (Å²) in [4.78, 5) is 10.5. The zero-order chi connectivity index (χ0) is 7.98. The van der Waals surface area contributed by atoms with E-state index in [2.05, 4.69) is 16.6 Å². The number of carbonyl (C=O) groups is 1. The van der Waals surface area contributed by atoms with E-state index in [9.17, 15) is 4.79 Å². The van der Waals surface area contributed by atoms with Gasteiger partial charge in [0.15, 0.2) is 0 Å². The first-order valence-electron chi connectivity index (χ1n) is 2.84. The number of ether oxygens (including phenoxy) is 1. The lowest BCUT2D eigenvalue weighted by atomic mass is 10.6. The van der Waals surface area contributed by atoms with Crippen molar-refractivity contribution in [2.75, 3.05) is 13.2 Å². The zero-order valence-electron chi connectivity index (χ0n) is 5.76. The topological polar surface area (TPSA) is 40.4 Å². The highest BCUT2D eigenvalue weighted by atomic mass is 35.5. The molecule has 0 aliphatic carbocycles. The second-order valence-corrected chi connectivity index (χ2v) is 2.07. The van der Waals surface area contributed by atoms with E-state index in [4.69, 9.17) is 11.6 Å². The summed E-state index contributed by atoms with van der Waals surface area (Å²) < 4.78 is 4.49. The van der Waals surface area contributed by atoms with Crippen molar-refractivity contribution < 1.29 is 9.53 Å². The van der Waals surface area contributed by atoms with Crippen LogP contribution in [0, 0.1) is 0 Å². The summed E-state index contributed by atoms with van der Waals surface area (Å²) in [6.45, 7) is 5.52. The SMILES string of the molecule is C=C(Cl)C[N]C(=O)OCC. The van der Waals surface area contributed by atoms with Crippen molar-refractivity contribution in [3.63, 3.8) is 0 Å². The lowest BCUT2D eigenvalue weighted by molar-refractivity contribution is 0.152. The molecule has 1 amide bonds. The van der Waals surface area contributed by atoms with Gasteiger partial charge in [-0.2, -0.15) is 0 Å². The Morgan fingerprint density at radius 2 is 2.40 bits per heavy atom. The fraction of sp³-hybridized carbons (Fsp3) is 0.500. The predicted molar refractivity (Wildman–Crippen MR) is 39.0 cm³/mol. The molecule has 0 fully saturated rings. The summed E-state index contributed by atoms with van der Waals surface area (Å²) in [6, 6.07) is 0. The van der Waals surface area contributed by atoms with E-state index in [1.54, 1.807) is 6.92 Å². The molecule has 0 saturated heterocycles. The van der Waals surface area contributed by atoms with Crippen molar-refractivity contribution in [1.29, 1.82) is 0 Å². The van der Waals surface area contributed by atoms with Gasteiger partial charge in [-0.25, -0.2) is 10.1 Å². The van der Waals surface area contributed by atoms with Crippen LogP contribution in [0.2, 0.25) is 0 Å². The van der Waals surface area contributed by atoms with Crippen molar-refractivity contribution in [2.24, 2.45) is 0 Å². The van der Waals surface area contributed by atoms with Gasteiger partial charge in [0.05, 0.1) is 13.2 Å². The molecule has 0 bridgehead atoms. The van der Waals surface area contributed by atoms with E-state index in [1.807, 2.05) is 0 Å². The minimum Gasteiger partial charge on any atom is -0.448 e. The highest BCUT2D eigenvalue weighted by Gasteiger charge is 2.00. The lowest BCUT2D eigenvalue weighted by Gasteiger charge is -1.99. The van der Waals surface area contributed by atoms with Gasteiger partial charge in [-0.1, -0.05) is 18.2 Å². The number of amides is 1. The highest BCUT2D eigenvalue weighted by Crippen LogP contribution is 1.93. The van der Waals surface area contributed by atoms with Gasteiger partial charge >= 0.3 is 6.09 Å². The Hall–Kier alpha value is -0.700. The summed E-state index contributed by atoms with van der Waals surface area (Å²) >= 11 is 5.33. The number of halogens is 1. The van der Waals surface area contributed by atoms with Gasteiger partial charge in [-0.3, -0.25) is 0 Å². The fourth-order valence-electron chi connectivity index (χ4n) is 0.319. The third-order valence-corrected chi connectivity index (χ3v) is 0.767. The van der Waals surface area contributed by atoms with Gasteiger partial charge in [-0.15, -0.1) is 0 Å². The Bertz CT molecular complexity index is 136. The molecule has 0 aromatic rings. The van der Waals surface area contributed by atoms with Crippen LogP contribution in [0.3, 0.4) is 0 Å². The van der Waals surface area contributed by atoms with Crippen LogP contribution >= 0.6 is 11.6 Å². The van der Waals surface area contributed by atoms with Crippen molar-refractivity contribution in [2.45, 2.75) is 6.92 Å². The van der Waals surface area contributed by atoms with Crippen LogP contribution in [0.15, 0.2) is 11.6 Å². The Kier molecular flexibility index (Phi) is 4.76. The van der Waals surface area contributed by atoms with E-state index >= 15 is 0 Å². The molecule has 10 heavy (non-hydrogen) atoms. The predicted octanol–water partition coefficient (Wildman–Crippen LogP) is 1.50. The average Bonchev–Trinajstić information content (AvgIpc) is 1.85. The third kappa shape index (κ3) is 5.44. The third-order valence-electron chi connectivity index (χ3n) is 0.648. The summed E-state index contributed by atoms with van der Waals surface area (Å²) in [6.07, 6.45) is -0.593. The van der Waals surface area contributed by atoms with Crippen LogP contribution in [-0.4, -0.2) is 19.2 Å². The maximum absolute atomic E-state index is 10.5. The summed E-state index contributed by atoms with van der Waals surface area (Å²) in [5.41, 5.74) is 0. The molecule has 0 aliphatic heterocycles. The molecule has 0 saturated carbocycles. The standard InChI is InChI=1S/C6H9ClNO2/c1-3-10-6(9)8-4-5(2)7/h2-4H2,1H3. The second-order valence-electron chi connectivity index (χ2n) is 1.53. The molecule has 0 rings (SSSR count). The van der Waals surface area contributed by atoms with Gasteiger partial charge < -0.3 is 4.74 Å². The van der Waals surface area contributed by atoms with E-state index in [1.165, 1.54) is 0 Å². The molecule has 0 aliphatic rings. The quantitative estimate of drug-likeness (QED) is 0.631. The number of hydrogen-bond donors (Lipinski definition) is 0. The zero-order valence-corrected chi connectivity index (χ0v) is 6.52. The average molecular weight is 163 g/mol. The lowest BCUT2D eigenvalue weighted by Crippen LogP contribution is -2.17. The van der Waals surface area contributed by atoms with E-state index in [0.717, 1.165) is 0 Å². The van der Waals surface area contributed by atoms with Crippen LogP contribution in [0.5, 0.6) is 0 Å². The number of nitrogens with zero attached hydrogens (tertiary/aromatic N) is 1. The first-order valence-corrected chi connectivity index (χ1v) is 3.22. The Morgan fingerprint density at radius 3 is 2.80 bits per heavy atom. The molecule has 0 aromatic carbocycles. The van der Waals surface area contributed by atoms with E-state index < -0.39 is 6.09 Å². The maximum Gasteiger partial charge on any atom is 0.429 e. The minimum atomic E-state index is -0.593. The first-order chi connectivity index (χ1) is 4.66. The number of carbonyl (C=O) groups excluding carboxylic acids is 1. The molecule has 4 heteroatoms. The molecule has 3 nitrogen and oxygen atoms in total.